The molecule has 0 radical (unpaired) electrons. The summed E-state index contributed by atoms with van der Waals surface area (Å²) in [5.41, 5.74) is 2.43. The fourth-order valence-electron chi connectivity index (χ4n) is 1.92. The molecule has 1 N–H and O–H groups in total. The molecule has 0 spiro atoms. The summed E-state index contributed by atoms with van der Waals surface area (Å²) < 4.78 is 0. The van der Waals surface area contributed by atoms with Crippen molar-refractivity contribution in [1.29, 1.82) is 0 Å². The topological polar surface area (TPSA) is 58.1 Å². The van der Waals surface area contributed by atoms with Gasteiger partial charge in [0, 0.05) is 30.9 Å². The van der Waals surface area contributed by atoms with Gasteiger partial charge in [0.1, 0.15) is 0 Å². The third-order valence-electron chi connectivity index (χ3n) is 3.06. The average Bonchev–Trinajstić information content (AvgIpc) is 2.51. The Hall–Kier alpha value is -2.40. The Morgan fingerprint density at radius 1 is 1.30 bits per heavy atom. The van der Waals surface area contributed by atoms with E-state index in [1.165, 1.54) is 6.08 Å². The molecule has 0 saturated heterocycles. The molecule has 2 rings (SSSR count). The number of aryl methyl sites for hydroxylation is 1. The van der Waals surface area contributed by atoms with Crippen LogP contribution < -0.4 is 10.2 Å². The van der Waals surface area contributed by atoms with Crippen molar-refractivity contribution in [2.24, 2.45) is 0 Å². The van der Waals surface area contributed by atoms with Crippen LogP contribution in [0.1, 0.15) is 17.0 Å². The fraction of sp³-hybridized carbons (Fsp3) is 0.235. The minimum atomic E-state index is -0.201. The van der Waals surface area contributed by atoms with E-state index in [4.69, 9.17) is 11.6 Å². The lowest BCUT2D eigenvalue weighted by Gasteiger charge is -2.12. The van der Waals surface area contributed by atoms with E-state index in [1.54, 1.807) is 12.1 Å². The van der Waals surface area contributed by atoms with Gasteiger partial charge < -0.3 is 10.2 Å². The van der Waals surface area contributed by atoms with Gasteiger partial charge in [-0.15, -0.1) is 0 Å². The molecule has 0 bridgehead atoms. The van der Waals surface area contributed by atoms with Crippen LogP contribution in [-0.2, 0) is 11.3 Å². The Labute approximate surface area is 141 Å². The summed E-state index contributed by atoms with van der Waals surface area (Å²) in [6.07, 6.45) is 3.15. The van der Waals surface area contributed by atoms with Crippen molar-refractivity contribution in [2.75, 3.05) is 19.0 Å². The Bertz CT molecular complexity index is 728. The molecule has 0 aliphatic rings. The first-order valence-electron chi connectivity index (χ1n) is 7.18. The molecule has 0 fully saturated rings. The highest BCUT2D eigenvalue weighted by Gasteiger charge is 2.05. The van der Waals surface area contributed by atoms with E-state index in [0.29, 0.717) is 17.5 Å². The second-order valence-corrected chi connectivity index (χ2v) is 5.67. The van der Waals surface area contributed by atoms with Gasteiger partial charge in [-0.3, -0.25) is 4.79 Å². The Morgan fingerprint density at radius 2 is 2.04 bits per heavy atom. The van der Waals surface area contributed by atoms with Crippen LogP contribution in [0.15, 0.2) is 36.4 Å². The predicted octanol–water partition coefficient (Wildman–Crippen LogP) is 2.83. The second kappa shape index (κ2) is 7.74. The van der Waals surface area contributed by atoms with E-state index in [9.17, 15) is 4.79 Å². The molecule has 120 valence electrons. The fourth-order valence-corrected chi connectivity index (χ4v) is 2.12. The Balaban J connectivity index is 1.98. The zero-order valence-corrected chi connectivity index (χ0v) is 14.1. The minimum Gasteiger partial charge on any atom is -0.347 e. The zero-order valence-electron chi connectivity index (χ0n) is 13.4. The van der Waals surface area contributed by atoms with Crippen LogP contribution in [0.3, 0.4) is 0 Å². The maximum absolute atomic E-state index is 11.9. The molecular weight excluding hydrogens is 312 g/mol. The molecule has 1 aromatic heterocycles. The van der Waals surface area contributed by atoms with E-state index >= 15 is 0 Å². The van der Waals surface area contributed by atoms with E-state index < -0.39 is 0 Å². The van der Waals surface area contributed by atoms with Crippen molar-refractivity contribution >= 4 is 29.5 Å². The number of nitrogens with zero attached hydrogens (tertiary/aromatic N) is 3. The molecule has 0 aliphatic carbocycles. The lowest BCUT2D eigenvalue weighted by atomic mass is 10.2. The predicted molar refractivity (Wildman–Crippen MR) is 93.4 cm³/mol. The first kappa shape index (κ1) is 17.0. The molecule has 6 heteroatoms. The second-order valence-electron chi connectivity index (χ2n) is 5.27. The number of nitrogens with one attached hydrogen (secondary N) is 1. The van der Waals surface area contributed by atoms with E-state index in [1.807, 2.05) is 50.2 Å². The van der Waals surface area contributed by atoms with Crippen LogP contribution >= 0.6 is 11.6 Å². The number of anilines is 1. The smallest absolute Gasteiger partial charge is 0.244 e. The first-order valence-corrected chi connectivity index (χ1v) is 7.56. The summed E-state index contributed by atoms with van der Waals surface area (Å²) >= 11 is 6.04. The number of halogens is 1. The first-order chi connectivity index (χ1) is 11.0. The van der Waals surface area contributed by atoms with Crippen molar-refractivity contribution in [2.45, 2.75) is 13.5 Å². The standard InChI is InChI=1S/C17H19ClN4O/c1-12-10-14(21-17(20-12)22(2)3)11-19-16(23)9-8-13-6-4-5-7-15(13)18/h4-10H,11H2,1-3H3,(H,19,23)/b9-8+. The molecule has 1 heterocycles. The van der Waals surface area contributed by atoms with E-state index in [2.05, 4.69) is 15.3 Å². The number of aromatic nitrogens is 2. The number of hydrogen-bond acceptors (Lipinski definition) is 4. The van der Waals surface area contributed by atoms with Crippen LogP contribution in [0, 0.1) is 6.92 Å². The number of carbonyl (C=O) groups is 1. The van der Waals surface area contributed by atoms with Gasteiger partial charge in [0.05, 0.1) is 12.2 Å². The van der Waals surface area contributed by atoms with Crippen LogP contribution in [0.4, 0.5) is 5.95 Å². The van der Waals surface area contributed by atoms with E-state index in [-0.39, 0.29) is 5.91 Å². The Kier molecular flexibility index (Phi) is 5.71. The van der Waals surface area contributed by atoms with Crippen molar-refractivity contribution in [1.82, 2.24) is 15.3 Å². The van der Waals surface area contributed by atoms with Gasteiger partial charge in [-0.05, 0) is 30.7 Å². The van der Waals surface area contributed by atoms with Gasteiger partial charge in [0.2, 0.25) is 11.9 Å². The monoisotopic (exact) mass is 330 g/mol. The highest BCUT2D eigenvalue weighted by atomic mass is 35.5. The lowest BCUT2D eigenvalue weighted by molar-refractivity contribution is -0.116. The average molecular weight is 331 g/mol. The van der Waals surface area contributed by atoms with Gasteiger partial charge in [-0.25, -0.2) is 9.97 Å². The quantitative estimate of drug-likeness (QED) is 0.856. The molecule has 5 nitrogen and oxygen atoms in total. The number of rotatable bonds is 5. The maximum atomic E-state index is 11.9. The number of benzene rings is 1. The minimum absolute atomic E-state index is 0.201. The van der Waals surface area contributed by atoms with Gasteiger partial charge in [0.25, 0.3) is 0 Å². The van der Waals surface area contributed by atoms with Gasteiger partial charge in [0.15, 0.2) is 0 Å². The molecule has 2 aromatic rings. The molecule has 1 aromatic carbocycles. The van der Waals surface area contributed by atoms with Gasteiger partial charge >= 0.3 is 0 Å². The molecule has 1 amide bonds. The van der Waals surface area contributed by atoms with Gasteiger partial charge in [-0.2, -0.15) is 0 Å². The SMILES string of the molecule is Cc1cc(CNC(=O)/C=C/c2ccccc2Cl)nc(N(C)C)n1. The van der Waals surface area contributed by atoms with Crippen LogP contribution in [0.5, 0.6) is 0 Å². The molecule has 0 aliphatic heterocycles. The van der Waals surface area contributed by atoms with Crippen molar-refractivity contribution in [3.63, 3.8) is 0 Å². The Morgan fingerprint density at radius 3 is 2.74 bits per heavy atom. The number of hydrogen-bond donors (Lipinski definition) is 1. The summed E-state index contributed by atoms with van der Waals surface area (Å²) in [5.74, 6) is 0.424. The lowest BCUT2D eigenvalue weighted by Crippen LogP contribution is -2.22. The third kappa shape index (κ3) is 5.07. The van der Waals surface area contributed by atoms with Crippen molar-refractivity contribution in [3.05, 3.63) is 58.4 Å². The van der Waals surface area contributed by atoms with E-state index in [0.717, 1.165) is 17.0 Å². The van der Waals surface area contributed by atoms with Crippen LogP contribution in [0.25, 0.3) is 6.08 Å². The summed E-state index contributed by atoms with van der Waals surface area (Å²) in [7, 11) is 3.76. The molecule has 23 heavy (non-hydrogen) atoms. The molecule has 0 atom stereocenters. The van der Waals surface area contributed by atoms with Crippen molar-refractivity contribution < 1.29 is 4.79 Å². The number of carbonyl (C=O) groups excluding carboxylic acids is 1. The van der Waals surface area contributed by atoms with Crippen LogP contribution in [-0.4, -0.2) is 30.0 Å². The van der Waals surface area contributed by atoms with Crippen molar-refractivity contribution in [3.8, 4) is 0 Å². The summed E-state index contributed by atoms with van der Waals surface area (Å²) in [5, 5.41) is 3.41. The highest BCUT2D eigenvalue weighted by Crippen LogP contribution is 2.16. The summed E-state index contributed by atoms with van der Waals surface area (Å²) in [6, 6.07) is 9.20. The molecular formula is C17H19ClN4O. The maximum Gasteiger partial charge on any atom is 0.244 e. The molecule has 0 unspecified atom stereocenters. The normalized spacial score (nSPS) is 10.8. The largest absolute Gasteiger partial charge is 0.347 e. The number of amides is 1. The highest BCUT2D eigenvalue weighted by molar-refractivity contribution is 6.32. The third-order valence-corrected chi connectivity index (χ3v) is 3.40. The zero-order chi connectivity index (χ0) is 16.8. The van der Waals surface area contributed by atoms with Crippen LogP contribution in [0.2, 0.25) is 5.02 Å². The van der Waals surface area contributed by atoms with Gasteiger partial charge in [-0.1, -0.05) is 29.8 Å². The summed E-state index contributed by atoms with van der Waals surface area (Å²) in [4.78, 5) is 22.5. The summed E-state index contributed by atoms with van der Waals surface area (Å²) in [6.45, 7) is 2.24. The molecule has 0 saturated carbocycles.